The van der Waals surface area contributed by atoms with Gasteiger partial charge in [-0.2, -0.15) is 0 Å². The van der Waals surface area contributed by atoms with Gasteiger partial charge in [0.05, 0.1) is 11.9 Å². The maximum Gasteiger partial charge on any atom is 0.226 e. The number of hydrogen-bond acceptors (Lipinski definition) is 5. The zero-order valence-corrected chi connectivity index (χ0v) is 12.2. The lowest BCUT2D eigenvalue weighted by atomic mass is 9.94. The first-order valence-electron chi connectivity index (χ1n) is 6.53. The van der Waals surface area contributed by atoms with E-state index in [1.54, 1.807) is 0 Å². The van der Waals surface area contributed by atoms with E-state index in [1.165, 1.54) is 18.3 Å². The van der Waals surface area contributed by atoms with Crippen molar-refractivity contribution in [3.05, 3.63) is 18.3 Å². The molecule has 2 rings (SSSR count). The van der Waals surface area contributed by atoms with Gasteiger partial charge < -0.3 is 11.1 Å². The lowest BCUT2D eigenvalue weighted by Gasteiger charge is -2.22. The van der Waals surface area contributed by atoms with E-state index in [0.29, 0.717) is 5.69 Å². The molecule has 7 heteroatoms. The van der Waals surface area contributed by atoms with Crippen molar-refractivity contribution in [3.8, 4) is 0 Å². The van der Waals surface area contributed by atoms with E-state index in [-0.39, 0.29) is 17.4 Å². The van der Waals surface area contributed by atoms with Gasteiger partial charge in [0.2, 0.25) is 5.91 Å². The molecular formula is C13H19N3O3S. The summed E-state index contributed by atoms with van der Waals surface area (Å²) in [7, 11) is -3.32. The van der Waals surface area contributed by atoms with E-state index in [1.807, 2.05) is 0 Å². The van der Waals surface area contributed by atoms with Crippen LogP contribution in [0.4, 0.5) is 5.69 Å². The summed E-state index contributed by atoms with van der Waals surface area (Å²) in [6.45, 7) is 0. The van der Waals surface area contributed by atoms with Crippen molar-refractivity contribution in [1.29, 1.82) is 0 Å². The summed E-state index contributed by atoms with van der Waals surface area (Å²) in [4.78, 5) is 15.7. The number of carbonyl (C=O) groups excluding carboxylic acids is 1. The normalized spacial score (nSPS) is 17.9. The number of sulfone groups is 1. The van der Waals surface area contributed by atoms with Gasteiger partial charge in [0.15, 0.2) is 14.9 Å². The van der Waals surface area contributed by atoms with Crippen LogP contribution < -0.4 is 11.1 Å². The van der Waals surface area contributed by atoms with E-state index in [4.69, 9.17) is 5.73 Å². The molecule has 1 aliphatic rings. The number of carbonyl (C=O) groups is 1. The minimum atomic E-state index is -3.32. The Morgan fingerprint density at radius 2 is 2.05 bits per heavy atom. The molecule has 1 amide bonds. The highest BCUT2D eigenvalue weighted by molar-refractivity contribution is 7.90. The Balaban J connectivity index is 1.98. The predicted octanol–water partition coefficient (Wildman–Crippen LogP) is 1.09. The van der Waals surface area contributed by atoms with Gasteiger partial charge in [-0.1, -0.05) is 12.8 Å². The molecule has 0 bridgehead atoms. The Labute approximate surface area is 118 Å². The fourth-order valence-electron chi connectivity index (χ4n) is 2.45. The highest BCUT2D eigenvalue weighted by Gasteiger charge is 2.31. The van der Waals surface area contributed by atoms with E-state index in [2.05, 4.69) is 10.3 Å². The SMILES string of the molecule is CS(=O)(=O)c1ccc(NC(=O)CC2(N)CCCC2)cn1. The van der Waals surface area contributed by atoms with Crippen molar-refractivity contribution in [2.24, 2.45) is 5.73 Å². The molecule has 0 aliphatic heterocycles. The van der Waals surface area contributed by atoms with Crippen LogP contribution in [0.25, 0.3) is 0 Å². The van der Waals surface area contributed by atoms with Crippen molar-refractivity contribution >= 4 is 21.4 Å². The Kier molecular flexibility index (Phi) is 4.10. The summed E-state index contributed by atoms with van der Waals surface area (Å²) in [5.41, 5.74) is 6.22. The first-order valence-corrected chi connectivity index (χ1v) is 8.43. The minimum absolute atomic E-state index is 0.0124. The first-order chi connectivity index (χ1) is 9.28. The number of amides is 1. The average molecular weight is 297 g/mol. The summed E-state index contributed by atoms with van der Waals surface area (Å²) >= 11 is 0. The standard InChI is InChI=1S/C13H19N3O3S/c1-20(18,19)12-5-4-10(9-15-12)16-11(17)8-13(14)6-2-3-7-13/h4-5,9H,2-3,6-8,14H2,1H3,(H,16,17). The average Bonchev–Trinajstić information content (AvgIpc) is 2.74. The van der Waals surface area contributed by atoms with Gasteiger partial charge in [0, 0.05) is 18.2 Å². The van der Waals surface area contributed by atoms with Crippen LogP contribution in [-0.2, 0) is 14.6 Å². The van der Waals surface area contributed by atoms with Gasteiger partial charge in [-0.25, -0.2) is 13.4 Å². The Morgan fingerprint density at radius 3 is 2.55 bits per heavy atom. The summed E-state index contributed by atoms with van der Waals surface area (Å²) in [5, 5.41) is 2.68. The molecule has 6 nitrogen and oxygen atoms in total. The third-order valence-corrected chi connectivity index (χ3v) is 4.51. The molecular weight excluding hydrogens is 278 g/mol. The highest BCUT2D eigenvalue weighted by Crippen LogP contribution is 2.30. The second-order valence-corrected chi connectivity index (χ2v) is 7.41. The van der Waals surface area contributed by atoms with E-state index in [9.17, 15) is 13.2 Å². The lowest BCUT2D eigenvalue weighted by Crippen LogP contribution is -2.40. The van der Waals surface area contributed by atoms with Crippen LogP contribution in [0.1, 0.15) is 32.1 Å². The van der Waals surface area contributed by atoms with Crippen molar-refractivity contribution < 1.29 is 13.2 Å². The van der Waals surface area contributed by atoms with Crippen LogP contribution >= 0.6 is 0 Å². The van der Waals surface area contributed by atoms with Crippen molar-refractivity contribution in [2.45, 2.75) is 42.7 Å². The van der Waals surface area contributed by atoms with Crippen LogP contribution in [0.2, 0.25) is 0 Å². The van der Waals surface area contributed by atoms with Crippen LogP contribution in [-0.4, -0.2) is 31.1 Å². The minimum Gasteiger partial charge on any atom is -0.325 e. The third-order valence-electron chi connectivity index (χ3n) is 3.51. The zero-order chi connectivity index (χ0) is 14.8. The second-order valence-electron chi connectivity index (χ2n) is 5.45. The molecule has 3 N–H and O–H groups in total. The Bertz CT molecular complexity index is 590. The molecule has 0 aromatic carbocycles. The molecule has 1 aliphatic carbocycles. The van der Waals surface area contributed by atoms with E-state index in [0.717, 1.165) is 31.9 Å². The van der Waals surface area contributed by atoms with Crippen molar-refractivity contribution in [3.63, 3.8) is 0 Å². The Morgan fingerprint density at radius 1 is 1.40 bits per heavy atom. The molecule has 20 heavy (non-hydrogen) atoms. The van der Waals surface area contributed by atoms with Crippen LogP contribution in [0.5, 0.6) is 0 Å². The number of nitrogens with two attached hydrogens (primary N) is 1. The largest absolute Gasteiger partial charge is 0.325 e. The van der Waals surface area contributed by atoms with Crippen LogP contribution in [0.15, 0.2) is 23.4 Å². The molecule has 1 fully saturated rings. The summed E-state index contributed by atoms with van der Waals surface area (Å²) in [6, 6.07) is 2.90. The highest BCUT2D eigenvalue weighted by atomic mass is 32.2. The molecule has 110 valence electrons. The maximum absolute atomic E-state index is 11.9. The molecule has 1 heterocycles. The quantitative estimate of drug-likeness (QED) is 0.866. The smallest absolute Gasteiger partial charge is 0.226 e. The number of nitrogens with one attached hydrogen (secondary N) is 1. The maximum atomic E-state index is 11.9. The molecule has 1 aromatic heterocycles. The van der Waals surface area contributed by atoms with Gasteiger partial charge in [0.1, 0.15) is 0 Å². The number of rotatable bonds is 4. The molecule has 0 saturated heterocycles. The third kappa shape index (κ3) is 3.77. The van der Waals surface area contributed by atoms with Gasteiger partial charge in [-0.15, -0.1) is 0 Å². The zero-order valence-electron chi connectivity index (χ0n) is 11.4. The van der Waals surface area contributed by atoms with Gasteiger partial charge in [-0.05, 0) is 25.0 Å². The number of anilines is 1. The molecule has 1 saturated carbocycles. The summed E-state index contributed by atoms with van der Waals surface area (Å²) < 4.78 is 22.5. The van der Waals surface area contributed by atoms with E-state index >= 15 is 0 Å². The molecule has 0 spiro atoms. The predicted molar refractivity (Wildman–Crippen MR) is 76.0 cm³/mol. The number of pyridine rings is 1. The fourth-order valence-corrected chi connectivity index (χ4v) is 3.01. The molecule has 0 unspecified atom stereocenters. The molecule has 0 atom stereocenters. The summed E-state index contributed by atoms with van der Waals surface area (Å²) in [6.07, 6.45) is 6.57. The van der Waals surface area contributed by atoms with Gasteiger partial charge in [-0.3, -0.25) is 4.79 Å². The second kappa shape index (κ2) is 5.49. The fraction of sp³-hybridized carbons (Fsp3) is 0.538. The number of aromatic nitrogens is 1. The van der Waals surface area contributed by atoms with Crippen LogP contribution in [0, 0.1) is 0 Å². The summed E-state index contributed by atoms with van der Waals surface area (Å²) in [5.74, 6) is -0.164. The van der Waals surface area contributed by atoms with Gasteiger partial charge >= 0.3 is 0 Å². The van der Waals surface area contributed by atoms with Gasteiger partial charge in [0.25, 0.3) is 0 Å². The van der Waals surface area contributed by atoms with Crippen LogP contribution in [0.3, 0.4) is 0 Å². The van der Waals surface area contributed by atoms with Crippen molar-refractivity contribution in [1.82, 2.24) is 4.98 Å². The van der Waals surface area contributed by atoms with E-state index < -0.39 is 15.4 Å². The van der Waals surface area contributed by atoms with Crippen molar-refractivity contribution in [2.75, 3.05) is 11.6 Å². The first kappa shape index (κ1) is 14.9. The molecule has 1 aromatic rings. The topological polar surface area (TPSA) is 102 Å². The monoisotopic (exact) mass is 297 g/mol. The number of hydrogen-bond donors (Lipinski definition) is 2. The Hall–Kier alpha value is -1.47. The number of nitrogens with zero attached hydrogens (tertiary/aromatic N) is 1. The lowest BCUT2D eigenvalue weighted by molar-refractivity contribution is -0.117. The molecule has 0 radical (unpaired) electrons.